The second-order valence-corrected chi connectivity index (χ2v) is 6.59. The van der Waals surface area contributed by atoms with Crippen molar-refractivity contribution in [3.05, 3.63) is 54.2 Å². The van der Waals surface area contributed by atoms with Gasteiger partial charge in [0.15, 0.2) is 5.82 Å². The highest BCUT2D eigenvalue weighted by atomic mass is 32.1. The van der Waals surface area contributed by atoms with Gasteiger partial charge in [0, 0.05) is 32.7 Å². The normalized spacial score (nSPS) is 14.7. The first kappa shape index (κ1) is 15.8. The maximum absolute atomic E-state index is 12.5. The molecule has 0 radical (unpaired) electrons. The van der Waals surface area contributed by atoms with E-state index < -0.39 is 0 Å². The van der Waals surface area contributed by atoms with Crippen molar-refractivity contribution in [1.82, 2.24) is 19.0 Å². The molecule has 0 saturated carbocycles. The molecule has 4 rings (SSSR count). The molecule has 3 aromatic rings. The SMILES string of the molecule is O=C(NCc1cccc2ccccc12)N1CCN(c2cnsn2)CC1. The van der Waals surface area contributed by atoms with Crippen LogP contribution in [0.2, 0.25) is 0 Å². The zero-order chi connectivity index (χ0) is 17.1. The van der Waals surface area contributed by atoms with Crippen molar-refractivity contribution < 1.29 is 4.79 Å². The Morgan fingerprint density at radius 2 is 1.88 bits per heavy atom. The minimum Gasteiger partial charge on any atom is -0.351 e. The van der Waals surface area contributed by atoms with Crippen molar-refractivity contribution in [3.63, 3.8) is 0 Å². The van der Waals surface area contributed by atoms with Gasteiger partial charge in [-0.15, -0.1) is 0 Å². The number of anilines is 1. The van der Waals surface area contributed by atoms with E-state index in [-0.39, 0.29) is 6.03 Å². The van der Waals surface area contributed by atoms with E-state index in [1.807, 2.05) is 23.1 Å². The van der Waals surface area contributed by atoms with Crippen molar-refractivity contribution in [2.24, 2.45) is 0 Å². The van der Waals surface area contributed by atoms with E-state index in [0.717, 1.165) is 24.5 Å². The Bertz CT molecular complexity index is 854. The summed E-state index contributed by atoms with van der Waals surface area (Å²) in [6, 6.07) is 14.4. The molecule has 25 heavy (non-hydrogen) atoms. The van der Waals surface area contributed by atoms with Crippen LogP contribution >= 0.6 is 11.7 Å². The summed E-state index contributed by atoms with van der Waals surface area (Å²) in [7, 11) is 0. The molecule has 128 valence electrons. The van der Waals surface area contributed by atoms with Crippen LogP contribution in [0.5, 0.6) is 0 Å². The first-order chi connectivity index (χ1) is 12.3. The van der Waals surface area contributed by atoms with Crippen molar-refractivity contribution >= 4 is 34.3 Å². The van der Waals surface area contributed by atoms with Crippen molar-refractivity contribution in [2.75, 3.05) is 31.1 Å². The first-order valence-electron chi connectivity index (χ1n) is 8.33. The predicted molar refractivity (Wildman–Crippen MR) is 99.9 cm³/mol. The molecule has 0 unspecified atom stereocenters. The molecule has 1 aliphatic rings. The van der Waals surface area contributed by atoms with Gasteiger partial charge in [0.2, 0.25) is 0 Å². The van der Waals surface area contributed by atoms with Crippen LogP contribution in [0, 0.1) is 0 Å². The molecule has 0 aliphatic carbocycles. The standard InChI is InChI=1S/C18H19N5OS/c24-18(23-10-8-22(9-11-23)17-13-20-25-21-17)19-12-15-6-3-5-14-4-1-2-7-16(14)15/h1-7,13H,8-12H2,(H,19,24). The maximum atomic E-state index is 12.5. The average molecular weight is 353 g/mol. The van der Waals surface area contributed by atoms with E-state index in [0.29, 0.717) is 19.6 Å². The van der Waals surface area contributed by atoms with Gasteiger partial charge in [0.05, 0.1) is 17.9 Å². The lowest BCUT2D eigenvalue weighted by atomic mass is 10.0. The fraction of sp³-hybridized carbons (Fsp3) is 0.278. The van der Waals surface area contributed by atoms with E-state index in [2.05, 4.69) is 43.2 Å². The predicted octanol–water partition coefficient (Wildman–Crippen LogP) is 2.72. The molecule has 1 aromatic heterocycles. The van der Waals surface area contributed by atoms with Crippen LogP contribution < -0.4 is 10.2 Å². The van der Waals surface area contributed by atoms with E-state index in [1.165, 1.54) is 22.5 Å². The monoisotopic (exact) mass is 353 g/mol. The zero-order valence-corrected chi connectivity index (χ0v) is 14.6. The molecule has 0 spiro atoms. The number of piperazine rings is 1. The first-order valence-corrected chi connectivity index (χ1v) is 9.06. The number of benzene rings is 2. The van der Waals surface area contributed by atoms with Gasteiger partial charge in [-0.2, -0.15) is 8.75 Å². The molecule has 2 heterocycles. The van der Waals surface area contributed by atoms with Crippen LogP contribution in [-0.4, -0.2) is 45.9 Å². The van der Waals surface area contributed by atoms with E-state index in [4.69, 9.17) is 0 Å². The maximum Gasteiger partial charge on any atom is 0.317 e. The zero-order valence-electron chi connectivity index (χ0n) is 13.8. The van der Waals surface area contributed by atoms with Crippen LogP contribution in [0.3, 0.4) is 0 Å². The number of hydrogen-bond donors (Lipinski definition) is 1. The second kappa shape index (κ2) is 7.06. The Labute approximate surface area is 150 Å². The molecular weight excluding hydrogens is 334 g/mol. The molecule has 2 aromatic carbocycles. The quantitative estimate of drug-likeness (QED) is 0.786. The highest BCUT2D eigenvalue weighted by molar-refractivity contribution is 6.99. The Hall–Kier alpha value is -2.67. The summed E-state index contributed by atoms with van der Waals surface area (Å²) in [6.07, 6.45) is 1.78. The van der Waals surface area contributed by atoms with Crippen LogP contribution in [-0.2, 0) is 6.54 Å². The van der Waals surface area contributed by atoms with Gasteiger partial charge in [-0.25, -0.2) is 4.79 Å². The minimum atomic E-state index is -0.0102. The number of nitrogens with zero attached hydrogens (tertiary/aromatic N) is 4. The van der Waals surface area contributed by atoms with E-state index in [1.54, 1.807) is 6.20 Å². The third-order valence-corrected chi connectivity index (χ3v) is 5.02. The largest absolute Gasteiger partial charge is 0.351 e. The number of amides is 2. The van der Waals surface area contributed by atoms with Crippen molar-refractivity contribution in [3.8, 4) is 0 Å². The molecule has 1 aliphatic heterocycles. The Kier molecular flexibility index (Phi) is 4.47. The molecule has 1 saturated heterocycles. The third-order valence-electron chi connectivity index (χ3n) is 4.55. The lowest BCUT2D eigenvalue weighted by Crippen LogP contribution is -2.51. The molecule has 0 atom stereocenters. The fourth-order valence-electron chi connectivity index (χ4n) is 3.17. The molecule has 1 N–H and O–H groups in total. The summed E-state index contributed by atoms with van der Waals surface area (Å²) in [5.41, 5.74) is 1.14. The summed E-state index contributed by atoms with van der Waals surface area (Å²) in [5, 5.41) is 5.43. The summed E-state index contributed by atoms with van der Waals surface area (Å²) >= 11 is 1.21. The number of nitrogens with one attached hydrogen (secondary N) is 1. The number of carbonyl (C=O) groups is 1. The van der Waals surface area contributed by atoms with Gasteiger partial charge in [0.1, 0.15) is 0 Å². The number of urea groups is 1. The highest BCUT2D eigenvalue weighted by Crippen LogP contribution is 2.18. The molecule has 0 bridgehead atoms. The van der Waals surface area contributed by atoms with Crippen LogP contribution in [0.25, 0.3) is 10.8 Å². The summed E-state index contributed by atoms with van der Waals surface area (Å²) in [4.78, 5) is 16.5. The minimum absolute atomic E-state index is 0.0102. The van der Waals surface area contributed by atoms with Crippen LogP contribution in [0.1, 0.15) is 5.56 Å². The number of aromatic nitrogens is 2. The molecule has 7 heteroatoms. The molecule has 1 fully saturated rings. The summed E-state index contributed by atoms with van der Waals surface area (Å²) in [5.74, 6) is 0.904. The Balaban J connectivity index is 1.35. The summed E-state index contributed by atoms with van der Waals surface area (Å²) in [6.45, 7) is 3.49. The van der Waals surface area contributed by atoms with Crippen LogP contribution in [0.15, 0.2) is 48.7 Å². The molecule has 6 nitrogen and oxygen atoms in total. The second-order valence-electron chi connectivity index (χ2n) is 6.04. The van der Waals surface area contributed by atoms with Gasteiger partial charge in [-0.3, -0.25) is 0 Å². The Morgan fingerprint density at radius 3 is 2.68 bits per heavy atom. The van der Waals surface area contributed by atoms with Gasteiger partial charge in [-0.1, -0.05) is 42.5 Å². The number of fused-ring (bicyclic) bond motifs is 1. The van der Waals surface area contributed by atoms with Gasteiger partial charge < -0.3 is 15.1 Å². The molecular formula is C18H19N5OS. The topological polar surface area (TPSA) is 61.4 Å². The summed E-state index contributed by atoms with van der Waals surface area (Å²) < 4.78 is 8.29. The van der Waals surface area contributed by atoms with Crippen LogP contribution in [0.4, 0.5) is 10.6 Å². The fourth-order valence-corrected chi connectivity index (χ4v) is 3.60. The van der Waals surface area contributed by atoms with E-state index >= 15 is 0 Å². The molecule has 2 amide bonds. The van der Waals surface area contributed by atoms with Crippen molar-refractivity contribution in [2.45, 2.75) is 6.54 Å². The average Bonchev–Trinajstić information content (AvgIpc) is 3.21. The number of hydrogen-bond acceptors (Lipinski definition) is 5. The van der Waals surface area contributed by atoms with Gasteiger partial charge >= 0.3 is 6.03 Å². The smallest absolute Gasteiger partial charge is 0.317 e. The van der Waals surface area contributed by atoms with Gasteiger partial charge in [0.25, 0.3) is 0 Å². The van der Waals surface area contributed by atoms with Gasteiger partial charge in [-0.05, 0) is 16.3 Å². The number of carbonyl (C=O) groups excluding carboxylic acids is 1. The third kappa shape index (κ3) is 3.41. The lowest BCUT2D eigenvalue weighted by Gasteiger charge is -2.34. The lowest BCUT2D eigenvalue weighted by molar-refractivity contribution is 0.194. The highest BCUT2D eigenvalue weighted by Gasteiger charge is 2.22. The van der Waals surface area contributed by atoms with Crippen molar-refractivity contribution in [1.29, 1.82) is 0 Å². The van der Waals surface area contributed by atoms with E-state index in [9.17, 15) is 4.79 Å². The number of rotatable bonds is 3. The Morgan fingerprint density at radius 1 is 1.08 bits per heavy atom.